The average Bonchev–Trinajstić information content (AvgIpc) is 2.55. The van der Waals surface area contributed by atoms with Crippen molar-refractivity contribution in [2.24, 2.45) is 5.73 Å². The molecule has 0 aromatic heterocycles. The number of piperidine rings is 1. The van der Waals surface area contributed by atoms with Crippen LogP contribution in [0.2, 0.25) is 0 Å². The number of likely N-dealkylation sites (tertiary alicyclic amines) is 1. The van der Waals surface area contributed by atoms with Crippen LogP contribution in [0.15, 0.2) is 24.3 Å². The molecule has 1 saturated heterocycles. The molecule has 1 aromatic rings. The maximum absolute atomic E-state index is 13.1. The monoisotopic (exact) mass is 322 g/mol. The van der Waals surface area contributed by atoms with Crippen LogP contribution >= 0.6 is 0 Å². The maximum atomic E-state index is 13.1. The molecular formula is C16H23FN4O2. The number of carbonyl (C=O) groups excluding carboxylic acids is 2. The quantitative estimate of drug-likeness (QED) is 0.734. The number of hydrogen-bond donors (Lipinski definition) is 3. The number of hydrogen-bond acceptors (Lipinski definition) is 3. The summed E-state index contributed by atoms with van der Waals surface area (Å²) in [5.41, 5.74) is 5.91. The summed E-state index contributed by atoms with van der Waals surface area (Å²) in [4.78, 5) is 24.7. The van der Waals surface area contributed by atoms with Gasteiger partial charge in [-0.1, -0.05) is 18.6 Å². The molecule has 23 heavy (non-hydrogen) atoms. The van der Waals surface area contributed by atoms with Crippen LogP contribution in [0.4, 0.5) is 9.18 Å². The van der Waals surface area contributed by atoms with Crippen LogP contribution in [0, 0.1) is 5.82 Å². The summed E-state index contributed by atoms with van der Waals surface area (Å²) in [6.45, 7) is 2.17. The highest BCUT2D eigenvalue weighted by atomic mass is 19.1. The van der Waals surface area contributed by atoms with Crippen LogP contribution < -0.4 is 16.4 Å². The number of rotatable bonds is 6. The zero-order valence-corrected chi connectivity index (χ0v) is 13.1. The van der Waals surface area contributed by atoms with E-state index >= 15 is 0 Å². The molecule has 6 nitrogen and oxygen atoms in total. The van der Waals surface area contributed by atoms with E-state index in [2.05, 4.69) is 15.5 Å². The fourth-order valence-corrected chi connectivity index (χ4v) is 2.81. The van der Waals surface area contributed by atoms with Crippen LogP contribution in [0.3, 0.4) is 0 Å². The average molecular weight is 322 g/mol. The zero-order chi connectivity index (χ0) is 16.7. The van der Waals surface area contributed by atoms with E-state index in [9.17, 15) is 14.0 Å². The van der Waals surface area contributed by atoms with Gasteiger partial charge in [-0.2, -0.15) is 0 Å². The minimum atomic E-state index is -0.730. The molecule has 1 aliphatic rings. The molecule has 0 radical (unpaired) electrons. The molecule has 0 unspecified atom stereocenters. The van der Waals surface area contributed by atoms with Gasteiger partial charge in [0.25, 0.3) is 0 Å². The second-order valence-corrected chi connectivity index (χ2v) is 5.69. The van der Waals surface area contributed by atoms with Crippen molar-refractivity contribution < 1.29 is 14.0 Å². The molecular weight excluding hydrogens is 299 g/mol. The summed E-state index contributed by atoms with van der Waals surface area (Å²) >= 11 is 0. The minimum absolute atomic E-state index is 0.00609. The van der Waals surface area contributed by atoms with E-state index < -0.39 is 6.03 Å². The highest BCUT2D eigenvalue weighted by molar-refractivity contribution is 5.83. The van der Waals surface area contributed by atoms with Crippen molar-refractivity contribution in [1.29, 1.82) is 0 Å². The standard InChI is InChI=1S/C16H23FN4O2/c17-13-6-4-12(5-7-13)14(21-8-2-1-3-9-21)10-19-15(22)11-20-16(18)23/h4-7,14H,1-3,8-11H2,(H,19,22)(H3,18,20,23)/t14-/m0/s1. The molecule has 1 fully saturated rings. The van der Waals surface area contributed by atoms with E-state index in [1.807, 2.05) is 0 Å². The van der Waals surface area contributed by atoms with E-state index in [0.717, 1.165) is 31.5 Å². The molecule has 1 aliphatic heterocycles. The molecule has 4 N–H and O–H groups in total. The summed E-state index contributed by atoms with van der Waals surface area (Å²) in [5, 5.41) is 5.06. The van der Waals surface area contributed by atoms with Crippen molar-refractivity contribution in [3.63, 3.8) is 0 Å². The first-order valence-corrected chi connectivity index (χ1v) is 7.86. The van der Waals surface area contributed by atoms with Gasteiger partial charge in [-0.15, -0.1) is 0 Å². The molecule has 0 saturated carbocycles. The lowest BCUT2D eigenvalue weighted by molar-refractivity contribution is -0.120. The Morgan fingerprint density at radius 1 is 1.13 bits per heavy atom. The Morgan fingerprint density at radius 3 is 2.39 bits per heavy atom. The third-order valence-corrected chi connectivity index (χ3v) is 4.00. The van der Waals surface area contributed by atoms with Gasteiger partial charge >= 0.3 is 6.03 Å². The van der Waals surface area contributed by atoms with E-state index in [4.69, 9.17) is 5.73 Å². The molecule has 0 spiro atoms. The number of amides is 3. The van der Waals surface area contributed by atoms with Gasteiger partial charge in [-0.25, -0.2) is 9.18 Å². The van der Waals surface area contributed by atoms with E-state index in [1.165, 1.54) is 18.6 Å². The van der Waals surface area contributed by atoms with Gasteiger partial charge in [-0.05, 0) is 43.6 Å². The third kappa shape index (κ3) is 5.52. The predicted octanol–water partition coefficient (Wildman–Crippen LogP) is 1.14. The molecule has 1 heterocycles. The maximum Gasteiger partial charge on any atom is 0.312 e. The smallest absolute Gasteiger partial charge is 0.312 e. The fraction of sp³-hybridized carbons (Fsp3) is 0.500. The van der Waals surface area contributed by atoms with Gasteiger partial charge in [0.15, 0.2) is 0 Å². The number of benzene rings is 1. The van der Waals surface area contributed by atoms with Crippen molar-refractivity contribution in [2.75, 3.05) is 26.2 Å². The topological polar surface area (TPSA) is 87.5 Å². The van der Waals surface area contributed by atoms with Crippen molar-refractivity contribution in [3.05, 3.63) is 35.6 Å². The largest absolute Gasteiger partial charge is 0.353 e. The minimum Gasteiger partial charge on any atom is -0.353 e. The number of nitrogens with one attached hydrogen (secondary N) is 2. The Bertz CT molecular complexity index is 529. The first-order valence-electron chi connectivity index (χ1n) is 7.86. The summed E-state index contributed by atoms with van der Waals surface area (Å²) in [6.07, 6.45) is 3.45. The molecule has 0 bridgehead atoms. The Labute approximate surface area is 135 Å². The van der Waals surface area contributed by atoms with Crippen LogP contribution in [-0.2, 0) is 4.79 Å². The first kappa shape index (κ1) is 17.2. The van der Waals surface area contributed by atoms with Crippen molar-refractivity contribution in [1.82, 2.24) is 15.5 Å². The SMILES string of the molecule is NC(=O)NCC(=O)NC[C@@H](c1ccc(F)cc1)N1CCCCC1. The number of carbonyl (C=O) groups is 2. The highest BCUT2D eigenvalue weighted by Gasteiger charge is 2.22. The molecule has 2 rings (SSSR count). The number of nitrogens with zero attached hydrogens (tertiary/aromatic N) is 1. The van der Waals surface area contributed by atoms with Crippen LogP contribution in [0.1, 0.15) is 30.9 Å². The van der Waals surface area contributed by atoms with Crippen molar-refractivity contribution in [3.8, 4) is 0 Å². The van der Waals surface area contributed by atoms with Crippen molar-refractivity contribution in [2.45, 2.75) is 25.3 Å². The van der Waals surface area contributed by atoms with Gasteiger partial charge in [0, 0.05) is 6.54 Å². The molecule has 7 heteroatoms. The lowest BCUT2D eigenvalue weighted by Gasteiger charge is -2.35. The fourth-order valence-electron chi connectivity index (χ4n) is 2.81. The van der Waals surface area contributed by atoms with E-state index in [0.29, 0.717) is 6.54 Å². The Morgan fingerprint density at radius 2 is 1.78 bits per heavy atom. The summed E-state index contributed by atoms with van der Waals surface area (Å²) in [7, 11) is 0. The molecule has 0 aliphatic carbocycles. The van der Waals surface area contributed by atoms with Crippen LogP contribution in [-0.4, -0.2) is 43.0 Å². The van der Waals surface area contributed by atoms with Gasteiger partial charge in [-0.3, -0.25) is 9.69 Å². The van der Waals surface area contributed by atoms with E-state index in [1.54, 1.807) is 12.1 Å². The highest BCUT2D eigenvalue weighted by Crippen LogP contribution is 2.24. The molecule has 126 valence electrons. The van der Waals surface area contributed by atoms with Crippen LogP contribution in [0.25, 0.3) is 0 Å². The normalized spacial score (nSPS) is 16.6. The molecule has 3 amide bonds. The number of nitrogens with two attached hydrogens (primary N) is 1. The first-order chi connectivity index (χ1) is 11.1. The van der Waals surface area contributed by atoms with Gasteiger partial charge in [0.1, 0.15) is 5.82 Å². The number of primary amides is 1. The number of halogens is 1. The number of urea groups is 1. The summed E-state index contributed by atoms with van der Waals surface area (Å²) in [5.74, 6) is -0.575. The molecule has 1 atom stereocenters. The van der Waals surface area contributed by atoms with Gasteiger partial charge < -0.3 is 16.4 Å². The third-order valence-electron chi connectivity index (χ3n) is 4.00. The van der Waals surface area contributed by atoms with Crippen molar-refractivity contribution >= 4 is 11.9 Å². The van der Waals surface area contributed by atoms with Gasteiger partial charge in [0.05, 0.1) is 12.6 Å². The predicted molar refractivity (Wildman–Crippen MR) is 85.2 cm³/mol. The van der Waals surface area contributed by atoms with Gasteiger partial charge in [0.2, 0.25) is 5.91 Å². The Kier molecular flexibility index (Phi) is 6.34. The summed E-state index contributed by atoms with van der Waals surface area (Å²) < 4.78 is 13.1. The summed E-state index contributed by atoms with van der Waals surface area (Å²) in [6, 6.07) is 5.63. The van der Waals surface area contributed by atoms with Crippen LogP contribution in [0.5, 0.6) is 0 Å². The zero-order valence-electron chi connectivity index (χ0n) is 13.1. The molecule has 1 aromatic carbocycles. The Balaban J connectivity index is 1.99. The second kappa shape index (κ2) is 8.47. The van der Waals surface area contributed by atoms with E-state index in [-0.39, 0.29) is 24.3 Å². The lowest BCUT2D eigenvalue weighted by Crippen LogP contribution is -2.44. The second-order valence-electron chi connectivity index (χ2n) is 5.69. The Hall–Kier alpha value is -2.15. The lowest BCUT2D eigenvalue weighted by atomic mass is 10.0.